The normalized spacial score (nSPS) is 12.8. The summed E-state index contributed by atoms with van der Waals surface area (Å²) >= 11 is 0. The second-order valence-corrected chi connectivity index (χ2v) is 9.56. The minimum atomic E-state index is -2.37. The van der Waals surface area contributed by atoms with Gasteiger partial charge in [0, 0.05) is 33.4 Å². The second kappa shape index (κ2) is 15.6. The van der Waals surface area contributed by atoms with Crippen molar-refractivity contribution in [2.75, 3.05) is 21.3 Å². The summed E-state index contributed by atoms with van der Waals surface area (Å²) in [6, 6.07) is 0.894. The Balaban J connectivity index is 3.42. The standard InChI is InChI=1S/C19H38O5Si/c1-6-19(20)24-18(2)16-14-12-10-8-7-9-11-13-15-17-25(21-3,22-4)23-5/h6,18H,1,7-17H2,2-5H3. The van der Waals surface area contributed by atoms with Crippen LogP contribution in [0.15, 0.2) is 12.7 Å². The third-order valence-electron chi connectivity index (χ3n) is 4.51. The van der Waals surface area contributed by atoms with Crippen LogP contribution in [0.4, 0.5) is 0 Å². The Morgan fingerprint density at radius 1 is 0.880 bits per heavy atom. The maximum atomic E-state index is 11.1. The van der Waals surface area contributed by atoms with Gasteiger partial charge in [-0.05, 0) is 26.2 Å². The van der Waals surface area contributed by atoms with E-state index in [1.54, 1.807) is 21.3 Å². The number of ether oxygens (including phenoxy) is 1. The van der Waals surface area contributed by atoms with Gasteiger partial charge in [-0.3, -0.25) is 0 Å². The van der Waals surface area contributed by atoms with Crippen molar-refractivity contribution in [2.24, 2.45) is 0 Å². The summed E-state index contributed by atoms with van der Waals surface area (Å²) in [4.78, 5) is 11.1. The lowest BCUT2D eigenvalue weighted by molar-refractivity contribution is -0.142. The van der Waals surface area contributed by atoms with Crippen LogP contribution in [0, 0.1) is 0 Å². The zero-order chi connectivity index (χ0) is 19.0. The maximum Gasteiger partial charge on any atom is 0.500 e. The zero-order valence-corrected chi connectivity index (χ0v) is 17.7. The molecule has 0 radical (unpaired) electrons. The van der Waals surface area contributed by atoms with Gasteiger partial charge >= 0.3 is 14.8 Å². The van der Waals surface area contributed by atoms with Crippen molar-refractivity contribution in [3.8, 4) is 0 Å². The minimum Gasteiger partial charge on any atom is -0.460 e. The molecule has 0 heterocycles. The van der Waals surface area contributed by atoms with Crippen molar-refractivity contribution >= 4 is 14.8 Å². The number of esters is 1. The van der Waals surface area contributed by atoms with Crippen molar-refractivity contribution in [3.05, 3.63) is 12.7 Å². The second-order valence-electron chi connectivity index (χ2n) is 6.47. The molecular formula is C19H38O5Si. The van der Waals surface area contributed by atoms with Crippen LogP contribution in [0.25, 0.3) is 0 Å². The molecule has 5 nitrogen and oxygen atoms in total. The quantitative estimate of drug-likeness (QED) is 0.157. The Morgan fingerprint density at radius 2 is 1.32 bits per heavy atom. The number of carbonyl (C=O) groups is 1. The molecule has 1 unspecified atom stereocenters. The molecule has 0 N–H and O–H groups in total. The van der Waals surface area contributed by atoms with E-state index in [2.05, 4.69) is 6.58 Å². The minimum absolute atomic E-state index is 0.00697. The maximum absolute atomic E-state index is 11.1. The van der Waals surface area contributed by atoms with E-state index in [0.29, 0.717) is 0 Å². The first kappa shape index (κ1) is 24.3. The van der Waals surface area contributed by atoms with E-state index in [1.807, 2.05) is 6.92 Å². The molecule has 0 aliphatic carbocycles. The van der Waals surface area contributed by atoms with Crippen molar-refractivity contribution in [2.45, 2.75) is 83.3 Å². The Kier molecular flexibility index (Phi) is 15.1. The molecule has 0 saturated heterocycles. The third-order valence-corrected chi connectivity index (χ3v) is 7.34. The molecular weight excluding hydrogens is 336 g/mol. The van der Waals surface area contributed by atoms with Crippen LogP contribution >= 0.6 is 0 Å². The molecule has 25 heavy (non-hydrogen) atoms. The molecule has 0 aliphatic heterocycles. The van der Waals surface area contributed by atoms with Crippen LogP contribution in [0.1, 0.15) is 71.1 Å². The van der Waals surface area contributed by atoms with Gasteiger partial charge in [0.25, 0.3) is 0 Å². The molecule has 0 aromatic carbocycles. The molecule has 0 saturated carbocycles. The van der Waals surface area contributed by atoms with Crippen LogP contribution in [-0.4, -0.2) is 42.2 Å². The van der Waals surface area contributed by atoms with Gasteiger partial charge in [0.2, 0.25) is 0 Å². The molecule has 0 spiro atoms. The Morgan fingerprint density at radius 3 is 1.76 bits per heavy atom. The number of hydrogen-bond acceptors (Lipinski definition) is 5. The SMILES string of the molecule is C=CC(=O)OC(C)CCCCCCCCCCC[Si](OC)(OC)OC. The molecule has 0 rings (SSSR count). The van der Waals surface area contributed by atoms with Crippen LogP contribution < -0.4 is 0 Å². The van der Waals surface area contributed by atoms with Gasteiger partial charge in [-0.1, -0.05) is 51.5 Å². The zero-order valence-electron chi connectivity index (χ0n) is 16.7. The van der Waals surface area contributed by atoms with E-state index in [1.165, 1.54) is 51.0 Å². The lowest BCUT2D eigenvalue weighted by Gasteiger charge is -2.24. The summed E-state index contributed by atoms with van der Waals surface area (Å²) < 4.78 is 21.4. The summed E-state index contributed by atoms with van der Waals surface area (Å²) in [6.07, 6.45) is 13.2. The third kappa shape index (κ3) is 12.3. The van der Waals surface area contributed by atoms with Gasteiger partial charge < -0.3 is 18.0 Å². The topological polar surface area (TPSA) is 54.0 Å². The predicted octanol–water partition coefficient (Wildman–Crippen LogP) is 4.88. The molecule has 0 aromatic rings. The fraction of sp³-hybridized carbons (Fsp3) is 0.842. The van der Waals surface area contributed by atoms with Gasteiger partial charge in [-0.2, -0.15) is 0 Å². The highest BCUT2D eigenvalue weighted by Gasteiger charge is 2.36. The number of hydrogen-bond donors (Lipinski definition) is 0. The first-order chi connectivity index (χ1) is 12.0. The smallest absolute Gasteiger partial charge is 0.460 e. The van der Waals surface area contributed by atoms with Crippen molar-refractivity contribution < 1.29 is 22.8 Å². The van der Waals surface area contributed by atoms with Gasteiger partial charge in [-0.25, -0.2) is 4.79 Å². The summed E-state index contributed by atoms with van der Waals surface area (Å²) in [6.45, 7) is 5.34. The number of rotatable bonds is 17. The monoisotopic (exact) mass is 374 g/mol. The van der Waals surface area contributed by atoms with Crippen molar-refractivity contribution in [1.82, 2.24) is 0 Å². The molecule has 148 valence electrons. The molecule has 0 aliphatic rings. The molecule has 0 aromatic heterocycles. The summed E-state index contributed by atoms with van der Waals surface area (Å²) in [7, 11) is 2.64. The lowest BCUT2D eigenvalue weighted by Crippen LogP contribution is -2.42. The average molecular weight is 375 g/mol. The van der Waals surface area contributed by atoms with E-state index < -0.39 is 8.80 Å². The first-order valence-corrected chi connectivity index (χ1v) is 11.4. The van der Waals surface area contributed by atoms with E-state index in [0.717, 1.165) is 25.3 Å². The fourth-order valence-electron chi connectivity index (χ4n) is 2.87. The highest BCUT2D eigenvalue weighted by atomic mass is 28.4. The van der Waals surface area contributed by atoms with Crippen LogP contribution in [0.2, 0.25) is 6.04 Å². The van der Waals surface area contributed by atoms with Gasteiger partial charge in [0.1, 0.15) is 0 Å². The van der Waals surface area contributed by atoms with Gasteiger partial charge in [-0.15, -0.1) is 0 Å². The summed E-state index contributed by atoms with van der Waals surface area (Å²) in [5.74, 6) is -0.325. The highest BCUT2D eigenvalue weighted by Crippen LogP contribution is 2.18. The average Bonchev–Trinajstić information content (AvgIpc) is 2.63. The Labute approximate surface area is 155 Å². The van der Waals surface area contributed by atoms with Crippen LogP contribution in [-0.2, 0) is 22.8 Å². The van der Waals surface area contributed by atoms with Gasteiger partial charge in [0.15, 0.2) is 0 Å². The highest BCUT2D eigenvalue weighted by molar-refractivity contribution is 6.60. The fourth-order valence-corrected chi connectivity index (χ4v) is 4.67. The van der Waals surface area contributed by atoms with Gasteiger partial charge in [0.05, 0.1) is 6.10 Å². The van der Waals surface area contributed by atoms with Crippen LogP contribution in [0.3, 0.4) is 0 Å². The van der Waals surface area contributed by atoms with E-state index >= 15 is 0 Å². The molecule has 0 fully saturated rings. The van der Waals surface area contributed by atoms with E-state index in [4.69, 9.17) is 18.0 Å². The molecule has 0 amide bonds. The van der Waals surface area contributed by atoms with E-state index in [9.17, 15) is 4.79 Å². The summed E-state index contributed by atoms with van der Waals surface area (Å²) in [5, 5.41) is 0. The predicted molar refractivity (Wildman–Crippen MR) is 104 cm³/mol. The first-order valence-electron chi connectivity index (χ1n) is 9.52. The Bertz CT molecular complexity index is 336. The van der Waals surface area contributed by atoms with Crippen molar-refractivity contribution in [1.29, 1.82) is 0 Å². The van der Waals surface area contributed by atoms with Crippen molar-refractivity contribution in [3.63, 3.8) is 0 Å². The number of carbonyl (C=O) groups excluding carboxylic acids is 1. The lowest BCUT2D eigenvalue weighted by atomic mass is 10.1. The largest absolute Gasteiger partial charge is 0.500 e. The molecule has 6 heteroatoms. The number of unbranched alkanes of at least 4 members (excludes halogenated alkanes) is 8. The summed E-state index contributed by atoms with van der Waals surface area (Å²) in [5.41, 5.74) is 0. The van der Waals surface area contributed by atoms with E-state index in [-0.39, 0.29) is 12.1 Å². The van der Waals surface area contributed by atoms with Crippen LogP contribution in [0.5, 0.6) is 0 Å². The molecule has 0 bridgehead atoms. The molecule has 1 atom stereocenters. The Hall–Kier alpha value is -0.693.